The van der Waals surface area contributed by atoms with Crippen LogP contribution in [0.4, 0.5) is 0 Å². The van der Waals surface area contributed by atoms with E-state index in [0.29, 0.717) is 17.1 Å². The van der Waals surface area contributed by atoms with Gasteiger partial charge in [-0.2, -0.15) is 0 Å². The Morgan fingerprint density at radius 3 is 3.00 bits per heavy atom. The van der Waals surface area contributed by atoms with Crippen LogP contribution in [0.15, 0.2) is 12.1 Å². The van der Waals surface area contributed by atoms with E-state index in [9.17, 15) is 9.90 Å². The van der Waals surface area contributed by atoms with E-state index in [1.165, 1.54) is 19.2 Å². The normalized spacial score (nSPS) is 13.8. The largest absolute Gasteiger partial charge is 0.504 e. The smallest absolute Gasteiger partial charge is 0.204 e. The summed E-state index contributed by atoms with van der Waals surface area (Å²) in [4.78, 5) is 11.1. The van der Waals surface area contributed by atoms with Gasteiger partial charge in [0.1, 0.15) is 5.75 Å². The molecule has 1 aliphatic rings. The van der Waals surface area contributed by atoms with Crippen LogP contribution in [-0.2, 0) is 0 Å². The monoisotopic (exact) mass is 180 g/mol. The second kappa shape index (κ2) is 2.65. The van der Waals surface area contributed by atoms with E-state index in [-0.39, 0.29) is 18.1 Å². The minimum Gasteiger partial charge on any atom is -0.504 e. The summed E-state index contributed by atoms with van der Waals surface area (Å²) in [5.74, 6) is 0.626. The molecular formula is C9H8O4. The molecule has 0 saturated heterocycles. The van der Waals surface area contributed by atoms with Crippen molar-refractivity contribution >= 4 is 5.78 Å². The minimum atomic E-state index is -0.118. The second-order valence-corrected chi connectivity index (χ2v) is 2.73. The topological polar surface area (TPSA) is 55.8 Å². The van der Waals surface area contributed by atoms with E-state index in [0.717, 1.165) is 0 Å². The maximum atomic E-state index is 11.1. The van der Waals surface area contributed by atoms with E-state index < -0.39 is 0 Å². The van der Waals surface area contributed by atoms with Crippen molar-refractivity contribution in [3.63, 3.8) is 0 Å². The lowest BCUT2D eigenvalue weighted by molar-refractivity contribution is 0.0961. The van der Waals surface area contributed by atoms with Gasteiger partial charge in [0.25, 0.3) is 0 Å². The lowest BCUT2D eigenvalue weighted by atomic mass is 10.1. The SMILES string of the molecule is COc1cc2c(cc1O)C(=O)CO2. The summed E-state index contributed by atoms with van der Waals surface area (Å²) < 4.78 is 9.93. The first-order valence-corrected chi connectivity index (χ1v) is 3.79. The number of ether oxygens (including phenoxy) is 2. The summed E-state index contributed by atoms with van der Waals surface area (Å²) in [7, 11) is 1.44. The van der Waals surface area contributed by atoms with Gasteiger partial charge in [0.15, 0.2) is 18.1 Å². The van der Waals surface area contributed by atoms with Crippen molar-refractivity contribution in [1.29, 1.82) is 0 Å². The summed E-state index contributed by atoms with van der Waals surface area (Å²) in [5, 5.41) is 9.36. The van der Waals surface area contributed by atoms with Gasteiger partial charge in [0.05, 0.1) is 12.7 Å². The molecule has 4 nitrogen and oxygen atoms in total. The van der Waals surface area contributed by atoms with Crippen LogP contribution < -0.4 is 9.47 Å². The van der Waals surface area contributed by atoms with Gasteiger partial charge < -0.3 is 14.6 Å². The zero-order valence-corrected chi connectivity index (χ0v) is 7.03. The van der Waals surface area contributed by atoms with Gasteiger partial charge >= 0.3 is 0 Å². The highest BCUT2D eigenvalue weighted by Crippen LogP contribution is 2.36. The number of rotatable bonds is 1. The number of fused-ring (bicyclic) bond motifs is 1. The third-order valence-electron chi connectivity index (χ3n) is 1.94. The van der Waals surface area contributed by atoms with Crippen molar-refractivity contribution in [3.8, 4) is 17.2 Å². The zero-order chi connectivity index (χ0) is 9.42. The van der Waals surface area contributed by atoms with Crippen molar-refractivity contribution < 1.29 is 19.4 Å². The predicted molar refractivity (Wildman–Crippen MR) is 44.5 cm³/mol. The maximum absolute atomic E-state index is 11.1. The molecule has 1 aliphatic heterocycles. The third kappa shape index (κ3) is 1.11. The molecule has 0 saturated carbocycles. The average molecular weight is 180 g/mol. The Bertz CT molecular complexity index is 370. The fraction of sp³-hybridized carbons (Fsp3) is 0.222. The highest BCUT2D eigenvalue weighted by molar-refractivity contribution is 6.02. The Labute approximate surface area is 74.7 Å². The first-order chi connectivity index (χ1) is 6.22. The molecule has 0 aromatic heterocycles. The van der Waals surface area contributed by atoms with Gasteiger partial charge in [-0.25, -0.2) is 0 Å². The van der Waals surface area contributed by atoms with Crippen molar-refractivity contribution in [2.45, 2.75) is 0 Å². The standard InChI is InChI=1S/C9H8O4/c1-12-9-3-8-5(2-6(9)10)7(11)4-13-8/h2-3,10H,4H2,1H3. The summed E-state index contributed by atoms with van der Waals surface area (Å²) in [6.45, 7) is 0.0436. The van der Waals surface area contributed by atoms with Gasteiger partial charge in [0, 0.05) is 6.07 Å². The number of aromatic hydroxyl groups is 1. The molecule has 1 aromatic carbocycles. The van der Waals surface area contributed by atoms with E-state index in [4.69, 9.17) is 9.47 Å². The first kappa shape index (κ1) is 7.91. The van der Waals surface area contributed by atoms with Gasteiger partial charge in [-0.05, 0) is 6.07 Å². The van der Waals surface area contributed by atoms with Crippen molar-refractivity contribution in [2.75, 3.05) is 13.7 Å². The van der Waals surface area contributed by atoms with Gasteiger partial charge in [-0.15, -0.1) is 0 Å². The van der Waals surface area contributed by atoms with Gasteiger partial charge in [-0.3, -0.25) is 4.79 Å². The van der Waals surface area contributed by atoms with Crippen LogP contribution in [-0.4, -0.2) is 24.6 Å². The van der Waals surface area contributed by atoms with Crippen LogP contribution >= 0.6 is 0 Å². The minimum absolute atomic E-state index is 0.0416. The number of ketones is 1. The number of carbonyl (C=O) groups excluding carboxylic acids is 1. The first-order valence-electron chi connectivity index (χ1n) is 3.79. The summed E-state index contributed by atoms with van der Waals surface area (Å²) >= 11 is 0. The molecule has 0 aliphatic carbocycles. The van der Waals surface area contributed by atoms with Gasteiger partial charge in [0.2, 0.25) is 5.78 Å². The number of Topliss-reactive ketones (excluding diaryl/α,β-unsaturated/α-hetero) is 1. The van der Waals surface area contributed by atoms with Gasteiger partial charge in [-0.1, -0.05) is 0 Å². The van der Waals surface area contributed by atoms with E-state index in [1.807, 2.05) is 0 Å². The molecule has 0 spiro atoms. The van der Waals surface area contributed by atoms with Crippen molar-refractivity contribution in [2.24, 2.45) is 0 Å². The van der Waals surface area contributed by atoms with Crippen LogP contribution in [0.2, 0.25) is 0 Å². The van der Waals surface area contributed by atoms with Crippen molar-refractivity contribution in [3.05, 3.63) is 17.7 Å². The second-order valence-electron chi connectivity index (χ2n) is 2.73. The quantitative estimate of drug-likeness (QED) is 0.699. The molecule has 1 N–H and O–H groups in total. The number of methoxy groups -OCH3 is 1. The zero-order valence-electron chi connectivity index (χ0n) is 7.03. The Balaban J connectivity index is 2.56. The van der Waals surface area contributed by atoms with Crippen LogP contribution in [0.25, 0.3) is 0 Å². The summed E-state index contributed by atoms with van der Waals surface area (Å²) in [6, 6.07) is 2.87. The fourth-order valence-electron chi connectivity index (χ4n) is 1.27. The van der Waals surface area contributed by atoms with Crippen LogP contribution in [0.5, 0.6) is 17.2 Å². The third-order valence-corrected chi connectivity index (χ3v) is 1.94. The number of benzene rings is 1. The number of carbonyl (C=O) groups is 1. The Morgan fingerprint density at radius 2 is 2.31 bits per heavy atom. The van der Waals surface area contributed by atoms with E-state index in [1.54, 1.807) is 0 Å². The van der Waals surface area contributed by atoms with Crippen molar-refractivity contribution in [1.82, 2.24) is 0 Å². The number of hydrogen-bond donors (Lipinski definition) is 1. The molecule has 0 unspecified atom stereocenters. The number of hydrogen-bond acceptors (Lipinski definition) is 4. The maximum Gasteiger partial charge on any atom is 0.204 e. The Hall–Kier alpha value is -1.71. The molecule has 0 amide bonds. The van der Waals surface area contributed by atoms with Crippen LogP contribution in [0, 0.1) is 0 Å². The Kier molecular flexibility index (Phi) is 1.62. The molecule has 0 atom stereocenters. The molecule has 2 rings (SSSR count). The number of phenolic OH excluding ortho intramolecular Hbond substituents is 1. The lowest BCUT2D eigenvalue weighted by Gasteiger charge is -2.04. The van der Waals surface area contributed by atoms with Crippen LogP contribution in [0.3, 0.4) is 0 Å². The average Bonchev–Trinajstić information content (AvgIpc) is 2.47. The number of phenols is 1. The molecule has 1 aromatic rings. The highest BCUT2D eigenvalue weighted by Gasteiger charge is 2.23. The molecular weight excluding hydrogens is 172 g/mol. The molecule has 4 heteroatoms. The Morgan fingerprint density at radius 1 is 1.54 bits per heavy atom. The fourth-order valence-corrected chi connectivity index (χ4v) is 1.27. The lowest BCUT2D eigenvalue weighted by Crippen LogP contribution is -1.98. The molecule has 68 valence electrons. The summed E-state index contributed by atoms with van der Waals surface area (Å²) in [6.07, 6.45) is 0. The van der Waals surface area contributed by atoms with Crippen LogP contribution in [0.1, 0.15) is 10.4 Å². The molecule has 13 heavy (non-hydrogen) atoms. The molecule has 0 radical (unpaired) electrons. The molecule has 1 heterocycles. The highest BCUT2D eigenvalue weighted by atomic mass is 16.5. The van der Waals surface area contributed by atoms with E-state index in [2.05, 4.69) is 0 Å². The summed E-state index contributed by atoms with van der Waals surface area (Å²) in [5.41, 5.74) is 0.415. The van der Waals surface area contributed by atoms with E-state index >= 15 is 0 Å². The molecule has 0 bridgehead atoms. The molecule has 0 fully saturated rings. The predicted octanol–water partition coefficient (Wildman–Crippen LogP) is 0.976.